The molecule has 0 unspecified atom stereocenters. The number of nitrogens with zero attached hydrogens (tertiary/aromatic N) is 2. The number of ether oxygens (including phenoxy) is 1. The van der Waals surface area contributed by atoms with Gasteiger partial charge in [-0.05, 0) is 43.9 Å². The van der Waals surface area contributed by atoms with Gasteiger partial charge in [0, 0.05) is 10.4 Å². The molecule has 0 fully saturated rings. The summed E-state index contributed by atoms with van der Waals surface area (Å²) in [5, 5.41) is 3.66. The third-order valence-electron chi connectivity index (χ3n) is 4.39. The minimum absolute atomic E-state index is 0.104. The average Bonchev–Trinajstić information content (AvgIpc) is 3.21. The molecule has 1 N–H and O–H groups in total. The second kappa shape index (κ2) is 6.84. The average molecular weight is 367 g/mol. The van der Waals surface area contributed by atoms with Crippen molar-refractivity contribution >= 4 is 38.9 Å². The fourth-order valence-electron chi connectivity index (χ4n) is 3.23. The van der Waals surface area contributed by atoms with Crippen LogP contribution in [0, 0.1) is 0 Å². The molecule has 7 heteroatoms. The van der Waals surface area contributed by atoms with Crippen molar-refractivity contribution in [2.45, 2.75) is 26.2 Å². The Morgan fingerprint density at radius 2 is 2.08 bits per heavy atom. The van der Waals surface area contributed by atoms with Crippen LogP contribution in [0.15, 0.2) is 30.6 Å². The molecular weight excluding hydrogens is 350 g/mol. The number of hydrogen-bond acceptors (Lipinski definition) is 6. The number of thiophene rings is 1. The van der Waals surface area contributed by atoms with Crippen LogP contribution in [0.4, 0.5) is 5.69 Å². The van der Waals surface area contributed by atoms with Gasteiger partial charge in [0.05, 0.1) is 11.1 Å². The summed E-state index contributed by atoms with van der Waals surface area (Å²) < 4.78 is 5.70. The van der Waals surface area contributed by atoms with Crippen molar-refractivity contribution in [3.63, 3.8) is 0 Å². The smallest absolute Gasteiger partial charge is 0.262 e. The van der Waals surface area contributed by atoms with Crippen molar-refractivity contribution in [2.24, 2.45) is 0 Å². The maximum Gasteiger partial charge on any atom is 0.262 e. The zero-order chi connectivity index (χ0) is 18.1. The summed E-state index contributed by atoms with van der Waals surface area (Å²) in [6.07, 6.45) is 4.66. The molecule has 26 heavy (non-hydrogen) atoms. The Hall–Kier alpha value is -2.80. The molecular formula is C19H17N3O3S. The lowest BCUT2D eigenvalue weighted by atomic mass is 10.1. The molecule has 0 aliphatic heterocycles. The first-order chi connectivity index (χ1) is 12.6. The molecule has 4 rings (SSSR count). The zero-order valence-corrected chi connectivity index (χ0v) is 15.1. The highest BCUT2D eigenvalue weighted by atomic mass is 32.1. The number of carbonyl (C=O) groups is 2. The van der Waals surface area contributed by atoms with Gasteiger partial charge in [-0.1, -0.05) is 12.1 Å². The summed E-state index contributed by atoms with van der Waals surface area (Å²) in [6, 6.07) is 6.91. The fraction of sp³-hybridized carbons (Fsp3) is 0.263. The van der Waals surface area contributed by atoms with Crippen LogP contribution in [0.1, 0.15) is 34.1 Å². The molecule has 0 spiro atoms. The number of nitrogens with one attached hydrogen (secondary N) is 1. The molecule has 0 bridgehead atoms. The number of aryl methyl sites for hydroxylation is 2. The van der Waals surface area contributed by atoms with Gasteiger partial charge in [0.2, 0.25) is 5.88 Å². The predicted octanol–water partition coefficient (Wildman–Crippen LogP) is 3.40. The van der Waals surface area contributed by atoms with E-state index in [1.165, 1.54) is 23.7 Å². The van der Waals surface area contributed by atoms with Crippen molar-refractivity contribution in [3.8, 4) is 5.88 Å². The Morgan fingerprint density at radius 1 is 1.23 bits per heavy atom. The highest BCUT2D eigenvalue weighted by Crippen LogP contribution is 2.39. The lowest BCUT2D eigenvalue weighted by molar-refractivity contribution is -0.118. The number of aromatic nitrogens is 2. The van der Waals surface area contributed by atoms with Gasteiger partial charge in [-0.3, -0.25) is 9.59 Å². The van der Waals surface area contributed by atoms with Crippen molar-refractivity contribution < 1.29 is 14.3 Å². The Balaban J connectivity index is 1.51. The molecule has 1 aliphatic carbocycles. The highest BCUT2D eigenvalue weighted by Gasteiger charge is 2.22. The van der Waals surface area contributed by atoms with E-state index in [-0.39, 0.29) is 18.3 Å². The Bertz CT molecular complexity index is 1010. The third-order valence-corrected chi connectivity index (χ3v) is 5.59. The second-order valence-electron chi connectivity index (χ2n) is 6.15. The Kier molecular flexibility index (Phi) is 4.38. The van der Waals surface area contributed by atoms with Crippen LogP contribution in [0.25, 0.3) is 10.2 Å². The number of anilines is 1. The molecule has 132 valence electrons. The molecule has 1 amide bonds. The van der Waals surface area contributed by atoms with E-state index in [9.17, 15) is 9.59 Å². The largest absolute Gasteiger partial charge is 0.467 e. The van der Waals surface area contributed by atoms with E-state index >= 15 is 0 Å². The standard InChI is InChI=1S/C19H17N3O3S/c1-11(23)12-5-2-3-7-14(12)22-16(24)9-25-18-17-13-6-4-8-15(13)26-19(17)21-10-20-18/h2-3,5,7,10H,4,6,8-9H2,1H3,(H,22,24). The quantitative estimate of drug-likeness (QED) is 0.699. The van der Waals surface area contributed by atoms with Crippen molar-refractivity contribution in [1.82, 2.24) is 9.97 Å². The Morgan fingerprint density at radius 3 is 2.92 bits per heavy atom. The molecule has 3 aromatic rings. The number of amides is 1. The minimum Gasteiger partial charge on any atom is -0.467 e. The van der Waals surface area contributed by atoms with Gasteiger partial charge in [0.1, 0.15) is 11.2 Å². The number of fused-ring (bicyclic) bond motifs is 3. The molecule has 1 aromatic carbocycles. The lowest BCUT2D eigenvalue weighted by Gasteiger charge is -2.10. The van der Waals surface area contributed by atoms with Gasteiger partial charge in [-0.15, -0.1) is 11.3 Å². The molecule has 2 aromatic heterocycles. The van der Waals surface area contributed by atoms with E-state index in [1.54, 1.807) is 35.6 Å². The van der Waals surface area contributed by atoms with Crippen LogP contribution in [0.2, 0.25) is 0 Å². The van der Waals surface area contributed by atoms with E-state index in [4.69, 9.17) is 4.74 Å². The number of para-hydroxylation sites is 1. The number of hydrogen-bond donors (Lipinski definition) is 1. The van der Waals surface area contributed by atoms with Crippen LogP contribution < -0.4 is 10.1 Å². The first kappa shape index (κ1) is 16.7. The van der Waals surface area contributed by atoms with Crippen LogP contribution >= 0.6 is 11.3 Å². The van der Waals surface area contributed by atoms with E-state index in [2.05, 4.69) is 15.3 Å². The summed E-state index contributed by atoms with van der Waals surface area (Å²) in [5.41, 5.74) is 2.21. The maximum atomic E-state index is 12.3. The van der Waals surface area contributed by atoms with Crippen LogP contribution in [-0.4, -0.2) is 28.3 Å². The van der Waals surface area contributed by atoms with Crippen LogP contribution in [0.5, 0.6) is 5.88 Å². The molecule has 0 saturated carbocycles. The van der Waals surface area contributed by atoms with Crippen molar-refractivity contribution in [1.29, 1.82) is 0 Å². The first-order valence-corrected chi connectivity index (χ1v) is 9.23. The van der Waals surface area contributed by atoms with Gasteiger partial charge in [0.15, 0.2) is 12.4 Å². The number of benzene rings is 1. The number of Topliss-reactive ketones (excluding diaryl/α,β-unsaturated/α-hetero) is 1. The first-order valence-electron chi connectivity index (χ1n) is 8.41. The van der Waals surface area contributed by atoms with E-state index in [0.29, 0.717) is 17.1 Å². The molecule has 6 nitrogen and oxygen atoms in total. The lowest BCUT2D eigenvalue weighted by Crippen LogP contribution is -2.21. The third kappa shape index (κ3) is 3.06. The zero-order valence-electron chi connectivity index (χ0n) is 14.2. The Labute approximate surface area is 154 Å². The van der Waals surface area contributed by atoms with Gasteiger partial charge in [-0.25, -0.2) is 9.97 Å². The molecule has 0 atom stereocenters. The fourth-order valence-corrected chi connectivity index (χ4v) is 4.45. The maximum absolute atomic E-state index is 12.3. The van der Waals surface area contributed by atoms with Crippen molar-refractivity contribution in [2.75, 3.05) is 11.9 Å². The monoisotopic (exact) mass is 367 g/mol. The second-order valence-corrected chi connectivity index (χ2v) is 7.24. The normalized spacial score (nSPS) is 12.8. The van der Waals surface area contributed by atoms with Crippen LogP contribution in [-0.2, 0) is 17.6 Å². The van der Waals surface area contributed by atoms with E-state index in [1.807, 2.05) is 0 Å². The summed E-state index contributed by atoms with van der Waals surface area (Å²) in [4.78, 5) is 34.7. The molecule has 1 aliphatic rings. The van der Waals surface area contributed by atoms with Crippen molar-refractivity contribution in [3.05, 3.63) is 46.6 Å². The van der Waals surface area contributed by atoms with E-state index in [0.717, 1.165) is 29.5 Å². The molecule has 0 radical (unpaired) electrons. The molecule has 2 heterocycles. The number of ketones is 1. The summed E-state index contributed by atoms with van der Waals surface area (Å²) in [7, 11) is 0. The minimum atomic E-state index is -0.336. The van der Waals surface area contributed by atoms with Gasteiger partial charge in [-0.2, -0.15) is 0 Å². The number of rotatable bonds is 5. The number of carbonyl (C=O) groups excluding carboxylic acids is 2. The van der Waals surface area contributed by atoms with E-state index < -0.39 is 0 Å². The van der Waals surface area contributed by atoms with Crippen LogP contribution in [0.3, 0.4) is 0 Å². The molecule has 0 saturated heterocycles. The van der Waals surface area contributed by atoms with Gasteiger partial charge in [0.25, 0.3) is 5.91 Å². The highest BCUT2D eigenvalue weighted by molar-refractivity contribution is 7.18. The summed E-state index contributed by atoms with van der Waals surface area (Å²) in [5.74, 6) is 0.00917. The van der Waals surface area contributed by atoms with Gasteiger partial charge < -0.3 is 10.1 Å². The topological polar surface area (TPSA) is 81.2 Å². The summed E-state index contributed by atoms with van der Waals surface area (Å²) >= 11 is 1.67. The SMILES string of the molecule is CC(=O)c1ccccc1NC(=O)COc1ncnc2sc3c(c12)CCC3. The van der Waals surface area contributed by atoms with Gasteiger partial charge >= 0.3 is 0 Å². The summed E-state index contributed by atoms with van der Waals surface area (Å²) in [6.45, 7) is 1.29. The predicted molar refractivity (Wildman–Crippen MR) is 100 cm³/mol.